The molecule has 2 rings (SSSR count). The van der Waals surface area contributed by atoms with Gasteiger partial charge in [0.2, 0.25) is 0 Å². The molecule has 1 saturated heterocycles. The van der Waals surface area contributed by atoms with Gasteiger partial charge in [0.1, 0.15) is 0 Å². The van der Waals surface area contributed by atoms with Crippen molar-refractivity contribution in [3.8, 4) is 0 Å². The van der Waals surface area contributed by atoms with Crippen LogP contribution in [0.3, 0.4) is 0 Å². The van der Waals surface area contributed by atoms with Gasteiger partial charge in [0.05, 0.1) is 13.2 Å². The van der Waals surface area contributed by atoms with E-state index < -0.39 is 0 Å². The van der Waals surface area contributed by atoms with Gasteiger partial charge in [-0.05, 0) is 17.7 Å². The number of ether oxygens (including phenoxy) is 1. The average Bonchev–Trinajstić information content (AvgIpc) is 2.30. The Bertz CT molecular complexity index is 337. The fourth-order valence-corrected chi connectivity index (χ4v) is 2.16. The maximum Gasteiger partial charge on any atom is 0.0642 e. The van der Waals surface area contributed by atoms with Crippen molar-refractivity contribution in [3.63, 3.8) is 0 Å². The molecule has 0 aromatic heterocycles. The Kier molecular flexibility index (Phi) is 3.61. The average molecular weight is 271 g/mol. The number of morpholine rings is 1. The van der Waals surface area contributed by atoms with E-state index in [0.717, 1.165) is 30.8 Å². The summed E-state index contributed by atoms with van der Waals surface area (Å²) in [5, 5.41) is 0. The molecule has 1 fully saturated rings. The second-order valence-corrected chi connectivity index (χ2v) is 4.49. The lowest BCUT2D eigenvalue weighted by atomic mass is 10.1. The molecule has 1 aromatic carbocycles. The van der Waals surface area contributed by atoms with Crippen LogP contribution in [0.15, 0.2) is 22.7 Å². The molecule has 2 N–H and O–H groups in total. The number of anilines is 1. The van der Waals surface area contributed by atoms with Crippen LogP contribution in [0.2, 0.25) is 0 Å². The Balaban J connectivity index is 2.27. The smallest absolute Gasteiger partial charge is 0.0642 e. The van der Waals surface area contributed by atoms with Crippen molar-refractivity contribution in [1.29, 1.82) is 0 Å². The fourth-order valence-electron chi connectivity index (χ4n) is 1.81. The van der Waals surface area contributed by atoms with E-state index in [0.29, 0.717) is 6.54 Å². The predicted molar refractivity (Wildman–Crippen MR) is 65.1 cm³/mol. The van der Waals surface area contributed by atoms with E-state index in [4.69, 9.17) is 10.5 Å². The molecule has 0 radical (unpaired) electrons. The van der Waals surface area contributed by atoms with Gasteiger partial charge >= 0.3 is 0 Å². The second kappa shape index (κ2) is 4.96. The van der Waals surface area contributed by atoms with E-state index in [1.165, 1.54) is 11.3 Å². The van der Waals surface area contributed by atoms with Crippen LogP contribution in [0.4, 0.5) is 5.69 Å². The molecule has 3 nitrogen and oxygen atoms in total. The number of hydrogen-bond donors (Lipinski definition) is 1. The summed E-state index contributed by atoms with van der Waals surface area (Å²) in [6, 6.07) is 6.24. The number of hydrogen-bond acceptors (Lipinski definition) is 3. The van der Waals surface area contributed by atoms with Crippen LogP contribution >= 0.6 is 15.9 Å². The van der Waals surface area contributed by atoms with Crippen molar-refractivity contribution in [3.05, 3.63) is 28.2 Å². The molecular weight excluding hydrogens is 256 g/mol. The summed E-state index contributed by atoms with van der Waals surface area (Å²) >= 11 is 3.49. The molecule has 0 unspecified atom stereocenters. The molecule has 0 atom stereocenters. The minimum Gasteiger partial charge on any atom is -0.378 e. The van der Waals surface area contributed by atoms with E-state index in [-0.39, 0.29) is 0 Å². The Labute approximate surface area is 98.3 Å². The van der Waals surface area contributed by atoms with Crippen molar-refractivity contribution in [2.24, 2.45) is 5.73 Å². The second-order valence-electron chi connectivity index (χ2n) is 3.58. The standard InChI is InChI=1S/C11H15BrN2O/c12-10-2-1-9(8-13)11(7-10)14-3-5-15-6-4-14/h1-2,7H,3-6,8,13H2. The summed E-state index contributed by atoms with van der Waals surface area (Å²) in [5.74, 6) is 0. The lowest BCUT2D eigenvalue weighted by Crippen LogP contribution is -2.37. The van der Waals surface area contributed by atoms with Crippen molar-refractivity contribution in [2.75, 3.05) is 31.2 Å². The largest absolute Gasteiger partial charge is 0.378 e. The van der Waals surface area contributed by atoms with E-state index in [9.17, 15) is 0 Å². The van der Waals surface area contributed by atoms with Gasteiger partial charge < -0.3 is 15.4 Å². The molecule has 4 heteroatoms. The third-order valence-electron chi connectivity index (χ3n) is 2.62. The third kappa shape index (κ3) is 2.51. The zero-order valence-corrected chi connectivity index (χ0v) is 10.2. The summed E-state index contributed by atoms with van der Waals surface area (Å²) in [4.78, 5) is 2.33. The van der Waals surface area contributed by atoms with Crippen molar-refractivity contribution in [2.45, 2.75) is 6.54 Å². The first kappa shape index (κ1) is 10.9. The molecule has 0 amide bonds. The van der Waals surface area contributed by atoms with Crippen molar-refractivity contribution in [1.82, 2.24) is 0 Å². The van der Waals surface area contributed by atoms with Crippen LogP contribution in [0.5, 0.6) is 0 Å². The van der Waals surface area contributed by atoms with Gasteiger partial charge in [-0.25, -0.2) is 0 Å². The highest BCUT2D eigenvalue weighted by molar-refractivity contribution is 9.10. The van der Waals surface area contributed by atoms with E-state index in [1.54, 1.807) is 0 Å². The molecular formula is C11H15BrN2O. The molecule has 1 aromatic rings. The van der Waals surface area contributed by atoms with Crippen LogP contribution in [0.25, 0.3) is 0 Å². The minimum absolute atomic E-state index is 0.583. The predicted octanol–water partition coefficient (Wildman–Crippen LogP) is 1.74. The number of rotatable bonds is 2. The van der Waals surface area contributed by atoms with Gasteiger partial charge in [-0.15, -0.1) is 0 Å². The third-order valence-corrected chi connectivity index (χ3v) is 3.11. The van der Waals surface area contributed by atoms with Gasteiger partial charge in [0, 0.05) is 29.8 Å². The molecule has 0 bridgehead atoms. The van der Waals surface area contributed by atoms with Crippen LogP contribution in [0, 0.1) is 0 Å². The zero-order valence-electron chi connectivity index (χ0n) is 8.58. The summed E-state index contributed by atoms with van der Waals surface area (Å²) in [7, 11) is 0. The summed E-state index contributed by atoms with van der Waals surface area (Å²) in [6.07, 6.45) is 0. The number of nitrogens with zero attached hydrogens (tertiary/aromatic N) is 1. The quantitative estimate of drug-likeness (QED) is 0.890. The van der Waals surface area contributed by atoms with Gasteiger partial charge in [-0.1, -0.05) is 22.0 Å². The Morgan fingerprint density at radius 2 is 2.07 bits per heavy atom. The molecule has 15 heavy (non-hydrogen) atoms. The van der Waals surface area contributed by atoms with Crippen LogP contribution < -0.4 is 10.6 Å². The van der Waals surface area contributed by atoms with E-state index in [1.807, 2.05) is 6.07 Å². The summed E-state index contributed by atoms with van der Waals surface area (Å²) in [5.41, 5.74) is 8.16. The highest BCUT2D eigenvalue weighted by Gasteiger charge is 2.14. The highest BCUT2D eigenvalue weighted by atomic mass is 79.9. The van der Waals surface area contributed by atoms with E-state index in [2.05, 4.69) is 33.0 Å². The lowest BCUT2D eigenvalue weighted by Gasteiger charge is -2.30. The Morgan fingerprint density at radius 3 is 2.73 bits per heavy atom. The van der Waals surface area contributed by atoms with Crippen molar-refractivity contribution < 1.29 is 4.74 Å². The van der Waals surface area contributed by atoms with Gasteiger partial charge in [-0.2, -0.15) is 0 Å². The Morgan fingerprint density at radius 1 is 1.33 bits per heavy atom. The first-order chi connectivity index (χ1) is 7.31. The lowest BCUT2D eigenvalue weighted by molar-refractivity contribution is 0.122. The maximum atomic E-state index is 5.73. The zero-order chi connectivity index (χ0) is 10.7. The SMILES string of the molecule is NCc1ccc(Br)cc1N1CCOCC1. The number of benzene rings is 1. The van der Waals surface area contributed by atoms with Crippen LogP contribution in [0.1, 0.15) is 5.56 Å². The number of nitrogens with two attached hydrogens (primary N) is 1. The van der Waals surface area contributed by atoms with Gasteiger partial charge in [-0.3, -0.25) is 0 Å². The topological polar surface area (TPSA) is 38.5 Å². The first-order valence-electron chi connectivity index (χ1n) is 5.12. The first-order valence-corrected chi connectivity index (χ1v) is 5.92. The van der Waals surface area contributed by atoms with Crippen LogP contribution in [-0.2, 0) is 11.3 Å². The minimum atomic E-state index is 0.583. The molecule has 0 spiro atoms. The molecule has 0 aliphatic carbocycles. The molecule has 1 aliphatic rings. The van der Waals surface area contributed by atoms with Crippen LogP contribution in [-0.4, -0.2) is 26.3 Å². The summed E-state index contributed by atoms with van der Waals surface area (Å²) in [6.45, 7) is 4.08. The van der Waals surface area contributed by atoms with Crippen molar-refractivity contribution >= 4 is 21.6 Å². The molecule has 1 heterocycles. The van der Waals surface area contributed by atoms with E-state index >= 15 is 0 Å². The normalized spacial score (nSPS) is 16.8. The molecule has 82 valence electrons. The molecule has 0 saturated carbocycles. The maximum absolute atomic E-state index is 5.73. The monoisotopic (exact) mass is 270 g/mol. The molecule has 1 aliphatic heterocycles. The number of halogens is 1. The van der Waals surface area contributed by atoms with Gasteiger partial charge in [0.15, 0.2) is 0 Å². The van der Waals surface area contributed by atoms with Gasteiger partial charge in [0.25, 0.3) is 0 Å². The summed E-state index contributed by atoms with van der Waals surface area (Å²) < 4.78 is 6.44. The Hall–Kier alpha value is -0.580. The fraction of sp³-hybridized carbons (Fsp3) is 0.455. The highest BCUT2D eigenvalue weighted by Crippen LogP contribution is 2.25.